The Morgan fingerprint density at radius 1 is 1.16 bits per heavy atom. The highest BCUT2D eigenvalue weighted by Crippen LogP contribution is 2.30. The van der Waals surface area contributed by atoms with Crippen LogP contribution in [-0.4, -0.2) is 54.8 Å². The smallest absolute Gasteiger partial charge is 0.305 e. The van der Waals surface area contributed by atoms with Gasteiger partial charge in [0.2, 0.25) is 0 Å². The standard InChI is InChI=1S/C29H38N4O4/c1-4-5-7-12-28(35)37-18-15-32(24-10-8-6-9-11-24)23(3)25-19-22(2)21-33-27(34)20-26(30-29(25)33)31-13-16-36-17-14-31/h6,8-11,19-21,23H,4-5,7,12-18H2,1-3H3. The lowest BCUT2D eigenvalue weighted by molar-refractivity contribution is -0.143. The molecule has 2 aromatic heterocycles. The Morgan fingerprint density at radius 3 is 2.65 bits per heavy atom. The summed E-state index contributed by atoms with van der Waals surface area (Å²) in [6.07, 6.45) is 5.25. The van der Waals surface area contributed by atoms with Gasteiger partial charge in [-0.05, 0) is 44.0 Å². The van der Waals surface area contributed by atoms with E-state index in [0.29, 0.717) is 57.3 Å². The molecule has 4 rings (SSSR count). The van der Waals surface area contributed by atoms with Crippen LogP contribution in [0.3, 0.4) is 0 Å². The van der Waals surface area contributed by atoms with Gasteiger partial charge in [0.1, 0.15) is 18.1 Å². The summed E-state index contributed by atoms with van der Waals surface area (Å²) in [6, 6.07) is 13.7. The van der Waals surface area contributed by atoms with Crippen LogP contribution in [0.2, 0.25) is 0 Å². The van der Waals surface area contributed by atoms with Crippen molar-refractivity contribution in [2.24, 2.45) is 0 Å². The third-order valence-corrected chi connectivity index (χ3v) is 6.83. The van der Waals surface area contributed by atoms with Gasteiger partial charge in [-0.1, -0.05) is 38.0 Å². The predicted octanol–water partition coefficient (Wildman–Crippen LogP) is 4.53. The number of aryl methyl sites for hydroxylation is 1. The fourth-order valence-electron chi connectivity index (χ4n) is 4.80. The number of rotatable bonds is 11. The third kappa shape index (κ3) is 6.68. The number of para-hydroxylation sites is 1. The molecule has 0 amide bonds. The SMILES string of the molecule is CCCCCC(=O)OCCN(c1ccccc1)C(C)c1cc(C)cn2c(=O)cc(N3CCOCC3)nc12. The molecule has 1 aliphatic heterocycles. The number of ether oxygens (including phenoxy) is 2. The van der Waals surface area contributed by atoms with Crippen LogP contribution in [0.25, 0.3) is 5.65 Å². The number of nitrogens with zero attached hydrogens (tertiary/aromatic N) is 4. The van der Waals surface area contributed by atoms with Crippen molar-refractivity contribution in [2.45, 2.75) is 52.5 Å². The van der Waals surface area contributed by atoms with E-state index in [2.05, 4.69) is 41.8 Å². The van der Waals surface area contributed by atoms with E-state index in [9.17, 15) is 9.59 Å². The highest BCUT2D eigenvalue weighted by molar-refractivity contribution is 5.69. The van der Waals surface area contributed by atoms with Gasteiger partial charge in [0.25, 0.3) is 5.56 Å². The fourth-order valence-corrected chi connectivity index (χ4v) is 4.80. The zero-order valence-corrected chi connectivity index (χ0v) is 22.2. The van der Waals surface area contributed by atoms with Gasteiger partial charge in [0.05, 0.1) is 25.8 Å². The highest BCUT2D eigenvalue weighted by Gasteiger charge is 2.22. The molecule has 3 aromatic rings. The minimum Gasteiger partial charge on any atom is -0.464 e. The van der Waals surface area contributed by atoms with Crippen molar-refractivity contribution in [1.29, 1.82) is 0 Å². The van der Waals surface area contributed by atoms with E-state index >= 15 is 0 Å². The van der Waals surface area contributed by atoms with E-state index in [-0.39, 0.29) is 17.6 Å². The summed E-state index contributed by atoms with van der Waals surface area (Å²) in [7, 11) is 0. The number of anilines is 2. The first-order valence-electron chi connectivity index (χ1n) is 13.3. The van der Waals surface area contributed by atoms with Gasteiger partial charge in [-0.2, -0.15) is 0 Å². The van der Waals surface area contributed by atoms with Crippen molar-refractivity contribution < 1.29 is 14.3 Å². The number of unbranched alkanes of at least 4 members (excludes halogenated alkanes) is 2. The molecule has 37 heavy (non-hydrogen) atoms. The van der Waals surface area contributed by atoms with Crippen LogP contribution < -0.4 is 15.4 Å². The summed E-state index contributed by atoms with van der Waals surface area (Å²) in [5, 5.41) is 0. The van der Waals surface area contributed by atoms with Crippen LogP contribution in [0.4, 0.5) is 11.5 Å². The number of hydrogen-bond donors (Lipinski definition) is 0. The first kappa shape index (κ1) is 26.7. The minimum atomic E-state index is -0.154. The predicted molar refractivity (Wildman–Crippen MR) is 147 cm³/mol. The topological polar surface area (TPSA) is 76.4 Å². The molecule has 0 radical (unpaired) electrons. The summed E-state index contributed by atoms with van der Waals surface area (Å²) in [6.45, 7) is 9.69. The van der Waals surface area contributed by atoms with Gasteiger partial charge in [0.15, 0.2) is 0 Å². The summed E-state index contributed by atoms with van der Waals surface area (Å²) >= 11 is 0. The molecule has 3 heterocycles. The van der Waals surface area contributed by atoms with E-state index in [1.807, 2.05) is 31.3 Å². The van der Waals surface area contributed by atoms with Gasteiger partial charge < -0.3 is 19.3 Å². The van der Waals surface area contributed by atoms with Crippen molar-refractivity contribution in [3.8, 4) is 0 Å². The number of esters is 1. The molecule has 0 spiro atoms. The van der Waals surface area contributed by atoms with Gasteiger partial charge >= 0.3 is 5.97 Å². The van der Waals surface area contributed by atoms with Crippen molar-refractivity contribution in [1.82, 2.24) is 9.38 Å². The van der Waals surface area contributed by atoms with Crippen LogP contribution in [0, 0.1) is 6.92 Å². The average molecular weight is 507 g/mol. The van der Waals surface area contributed by atoms with Crippen LogP contribution in [0.5, 0.6) is 0 Å². The lowest BCUT2D eigenvalue weighted by atomic mass is 10.0. The van der Waals surface area contributed by atoms with Crippen molar-refractivity contribution in [2.75, 3.05) is 49.3 Å². The van der Waals surface area contributed by atoms with Crippen LogP contribution >= 0.6 is 0 Å². The maximum atomic E-state index is 13.2. The van der Waals surface area contributed by atoms with E-state index < -0.39 is 0 Å². The minimum absolute atomic E-state index is 0.101. The molecular formula is C29H38N4O4. The van der Waals surface area contributed by atoms with E-state index in [1.54, 1.807) is 10.5 Å². The number of morpholine rings is 1. The molecule has 1 unspecified atom stereocenters. The van der Waals surface area contributed by atoms with Gasteiger partial charge in [-0.15, -0.1) is 0 Å². The molecule has 8 heteroatoms. The van der Waals surface area contributed by atoms with Gasteiger partial charge in [0, 0.05) is 43.0 Å². The molecule has 0 bridgehead atoms. The Bertz CT molecular complexity index is 1240. The average Bonchev–Trinajstić information content (AvgIpc) is 2.92. The fraction of sp³-hybridized carbons (Fsp3) is 0.483. The normalized spacial score (nSPS) is 14.5. The number of aromatic nitrogens is 2. The first-order chi connectivity index (χ1) is 18.0. The number of hydrogen-bond acceptors (Lipinski definition) is 7. The molecule has 8 nitrogen and oxygen atoms in total. The second kappa shape index (κ2) is 12.7. The van der Waals surface area contributed by atoms with E-state index in [4.69, 9.17) is 14.5 Å². The molecule has 1 saturated heterocycles. The third-order valence-electron chi connectivity index (χ3n) is 6.83. The molecular weight excluding hydrogens is 468 g/mol. The Hall–Kier alpha value is -3.39. The lowest BCUT2D eigenvalue weighted by Gasteiger charge is -2.32. The Kier molecular flexibility index (Phi) is 9.17. The molecule has 1 atom stereocenters. The van der Waals surface area contributed by atoms with E-state index in [1.165, 1.54) is 0 Å². The van der Waals surface area contributed by atoms with Crippen molar-refractivity contribution in [3.63, 3.8) is 0 Å². The first-order valence-corrected chi connectivity index (χ1v) is 13.3. The Morgan fingerprint density at radius 2 is 1.92 bits per heavy atom. The monoisotopic (exact) mass is 506 g/mol. The largest absolute Gasteiger partial charge is 0.464 e. The summed E-state index contributed by atoms with van der Waals surface area (Å²) in [5.41, 5.74) is 3.49. The van der Waals surface area contributed by atoms with Gasteiger partial charge in [-0.3, -0.25) is 14.0 Å². The second-order valence-electron chi connectivity index (χ2n) is 9.60. The van der Waals surface area contributed by atoms with Crippen LogP contribution in [-0.2, 0) is 14.3 Å². The number of fused-ring (bicyclic) bond motifs is 1. The van der Waals surface area contributed by atoms with E-state index in [0.717, 1.165) is 36.1 Å². The molecule has 198 valence electrons. The van der Waals surface area contributed by atoms with Crippen LogP contribution in [0.1, 0.15) is 56.7 Å². The van der Waals surface area contributed by atoms with Gasteiger partial charge in [-0.25, -0.2) is 4.98 Å². The molecule has 0 aliphatic carbocycles. The number of benzene rings is 1. The molecule has 1 fully saturated rings. The summed E-state index contributed by atoms with van der Waals surface area (Å²) in [5.74, 6) is 0.524. The number of carbonyl (C=O) groups is 1. The molecule has 1 aliphatic rings. The Labute approximate surface area is 218 Å². The molecule has 0 saturated carbocycles. The van der Waals surface area contributed by atoms with Crippen molar-refractivity contribution >= 4 is 23.1 Å². The van der Waals surface area contributed by atoms with Crippen LogP contribution in [0.15, 0.2) is 53.5 Å². The number of pyridine rings is 1. The summed E-state index contributed by atoms with van der Waals surface area (Å²) < 4.78 is 12.7. The second-order valence-corrected chi connectivity index (χ2v) is 9.60. The maximum Gasteiger partial charge on any atom is 0.305 e. The maximum absolute atomic E-state index is 13.2. The summed E-state index contributed by atoms with van der Waals surface area (Å²) in [4.78, 5) is 34.7. The molecule has 1 aromatic carbocycles. The van der Waals surface area contributed by atoms with Crippen molar-refractivity contribution in [3.05, 3.63) is 70.1 Å². The zero-order valence-electron chi connectivity index (χ0n) is 22.2. The zero-order chi connectivity index (χ0) is 26.2. The Balaban J connectivity index is 1.65. The lowest BCUT2D eigenvalue weighted by Crippen LogP contribution is -2.38. The number of carbonyl (C=O) groups excluding carboxylic acids is 1. The molecule has 0 N–H and O–H groups in total. The highest BCUT2D eigenvalue weighted by atomic mass is 16.5. The quantitative estimate of drug-likeness (QED) is 0.279.